The highest BCUT2D eigenvalue weighted by Gasteiger charge is 2.49. The molecule has 1 N–H and O–H groups in total. The largest absolute Gasteiger partial charge is 0.490 e. The molecule has 8 nitrogen and oxygen atoms in total. The number of amides is 1. The fraction of sp³-hybridized carbons (Fsp3) is 0.600. The maximum Gasteiger partial charge on any atom is 0.264 e. The van der Waals surface area contributed by atoms with Crippen molar-refractivity contribution >= 4 is 39.1 Å². The minimum Gasteiger partial charge on any atom is -0.490 e. The molecule has 50 heavy (non-hydrogen) atoms. The number of benzene rings is 2. The smallest absolute Gasteiger partial charge is 0.264 e. The van der Waals surface area contributed by atoms with Gasteiger partial charge in [0.1, 0.15) is 12.4 Å². The van der Waals surface area contributed by atoms with E-state index >= 15 is 0 Å². The number of fused-ring (bicyclic) bond motifs is 4. The third-order valence-corrected chi connectivity index (χ3v) is 14.7. The molecule has 2 bridgehead atoms. The molecule has 1 saturated carbocycles. The van der Waals surface area contributed by atoms with E-state index in [0.29, 0.717) is 37.0 Å². The van der Waals surface area contributed by atoms with Gasteiger partial charge in [0.05, 0.1) is 23.1 Å². The van der Waals surface area contributed by atoms with Crippen LogP contribution in [0.2, 0.25) is 5.02 Å². The zero-order valence-electron chi connectivity index (χ0n) is 30.1. The lowest BCUT2D eigenvalue weighted by molar-refractivity contribution is 0.0521. The van der Waals surface area contributed by atoms with Crippen molar-refractivity contribution in [1.82, 2.24) is 4.72 Å². The van der Waals surface area contributed by atoms with Crippen LogP contribution < -0.4 is 14.4 Å². The minimum atomic E-state index is -3.94. The summed E-state index contributed by atoms with van der Waals surface area (Å²) in [5, 5.41) is -0.0151. The van der Waals surface area contributed by atoms with Crippen molar-refractivity contribution in [1.29, 1.82) is 0 Å². The standard InChI is InChI=1S/C40H52ClN3O5S/c1-6-39(21-36-42-38(4,5)24-49-36)17-7-9-26(2)27(3)50(46,47)43-37(45)29-12-16-35-34(20-29)44(22-30-11-14-33(30)39)23-40(25-48-35)18-8-10-28-19-31(41)13-15-32(28)40/h7,12-13,15-17,19-20,26-27,30,33H,6,8-11,14,18,21-25H2,1-5H3,(H,43,45)/b17-7+/t26-,27+,30-,33+,39+,40-/m0/s1. The number of anilines is 1. The van der Waals surface area contributed by atoms with E-state index in [0.717, 1.165) is 80.4 Å². The van der Waals surface area contributed by atoms with Crippen LogP contribution in [0.1, 0.15) is 101 Å². The Bertz CT molecular complexity index is 1820. The van der Waals surface area contributed by atoms with Gasteiger partial charge in [-0.15, -0.1) is 0 Å². The maximum absolute atomic E-state index is 13.6. The second-order valence-electron chi connectivity index (χ2n) is 16.4. The van der Waals surface area contributed by atoms with Crippen LogP contribution in [0.25, 0.3) is 0 Å². The topological polar surface area (TPSA) is 97.3 Å². The predicted molar refractivity (Wildman–Crippen MR) is 200 cm³/mol. The van der Waals surface area contributed by atoms with Crippen LogP contribution in [-0.2, 0) is 26.6 Å². The highest BCUT2D eigenvalue weighted by atomic mass is 35.5. The van der Waals surface area contributed by atoms with Crippen molar-refractivity contribution in [2.24, 2.45) is 28.2 Å². The van der Waals surface area contributed by atoms with Crippen LogP contribution in [-0.4, -0.2) is 57.3 Å². The van der Waals surface area contributed by atoms with Crippen LogP contribution in [0.5, 0.6) is 5.75 Å². The van der Waals surface area contributed by atoms with E-state index in [1.54, 1.807) is 13.0 Å². The number of rotatable bonds is 3. The van der Waals surface area contributed by atoms with E-state index < -0.39 is 21.2 Å². The number of nitrogens with one attached hydrogen (secondary N) is 1. The Morgan fingerprint density at radius 3 is 2.62 bits per heavy atom. The van der Waals surface area contributed by atoms with Crippen LogP contribution in [0.3, 0.4) is 0 Å². The number of sulfonamides is 1. The van der Waals surface area contributed by atoms with Crippen molar-refractivity contribution < 1.29 is 22.7 Å². The van der Waals surface area contributed by atoms with Gasteiger partial charge in [0.15, 0.2) is 5.90 Å². The van der Waals surface area contributed by atoms with Crippen molar-refractivity contribution in [3.8, 4) is 5.75 Å². The Morgan fingerprint density at radius 1 is 1.08 bits per heavy atom. The molecular formula is C40H52ClN3O5S. The molecule has 2 aliphatic carbocycles. The van der Waals surface area contributed by atoms with E-state index in [4.69, 9.17) is 26.1 Å². The summed E-state index contributed by atoms with van der Waals surface area (Å²) in [4.78, 5) is 21.0. The molecule has 2 aromatic rings. The van der Waals surface area contributed by atoms with Crippen molar-refractivity contribution in [3.05, 3.63) is 70.3 Å². The quantitative estimate of drug-likeness (QED) is 0.324. The molecule has 1 amide bonds. The first-order valence-electron chi connectivity index (χ1n) is 18.5. The van der Waals surface area contributed by atoms with E-state index in [-0.39, 0.29) is 22.3 Å². The average molecular weight is 722 g/mol. The molecule has 270 valence electrons. The maximum atomic E-state index is 13.6. The summed E-state index contributed by atoms with van der Waals surface area (Å²) in [7, 11) is -3.94. The fourth-order valence-corrected chi connectivity index (χ4v) is 10.7. The van der Waals surface area contributed by atoms with Crippen LogP contribution in [0.15, 0.2) is 53.5 Å². The van der Waals surface area contributed by atoms with Crippen molar-refractivity contribution in [2.45, 2.75) is 102 Å². The van der Waals surface area contributed by atoms with Crippen LogP contribution >= 0.6 is 11.6 Å². The lowest BCUT2D eigenvalue weighted by Gasteiger charge is -2.51. The molecule has 1 fully saturated rings. The van der Waals surface area contributed by atoms with Crippen molar-refractivity contribution in [2.75, 3.05) is 31.2 Å². The Kier molecular flexibility index (Phi) is 9.32. The number of allylic oxidation sites excluding steroid dienone is 2. The Morgan fingerprint density at radius 2 is 1.90 bits per heavy atom. The molecule has 0 unspecified atom stereocenters. The zero-order valence-corrected chi connectivity index (χ0v) is 31.7. The molecule has 3 aliphatic heterocycles. The second kappa shape index (κ2) is 13.2. The van der Waals surface area contributed by atoms with Gasteiger partial charge < -0.3 is 14.4 Å². The number of carbonyl (C=O) groups excluding carboxylic acids is 1. The first kappa shape index (κ1) is 35.4. The van der Waals surface area contributed by atoms with E-state index in [1.807, 2.05) is 25.1 Å². The third kappa shape index (κ3) is 6.57. The van der Waals surface area contributed by atoms with E-state index in [9.17, 15) is 13.2 Å². The molecule has 7 rings (SSSR count). The molecule has 1 spiro atoms. The number of ether oxygens (including phenoxy) is 2. The van der Waals surface area contributed by atoms with Gasteiger partial charge in [0.25, 0.3) is 5.91 Å². The molecule has 6 atom stereocenters. The lowest BCUT2D eigenvalue weighted by Crippen LogP contribution is -2.50. The summed E-state index contributed by atoms with van der Waals surface area (Å²) >= 11 is 6.49. The molecule has 0 saturated heterocycles. The molecule has 3 heterocycles. The minimum absolute atomic E-state index is 0.186. The third-order valence-electron chi connectivity index (χ3n) is 12.6. The second-order valence-corrected chi connectivity index (χ2v) is 18.9. The average Bonchev–Trinajstić information content (AvgIpc) is 3.32. The molecule has 10 heteroatoms. The van der Waals surface area contributed by atoms with Gasteiger partial charge in [0.2, 0.25) is 10.0 Å². The predicted octanol–water partition coefficient (Wildman–Crippen LogP) is 7.88. The summed E-state index contributed by atoms with van der Waals surface area (Å²) in [5.41, 5.74) is 3.04. The molecule has 0 aromatic heterocycles. The summed E-state index contributed by atoms with van der Waals surface area (Å²) in [5.74, 6) is 1.51. The number of hydrogen-bond donors (Lipinski definition) is 1. The van der Waals surface area contributed by atoms with Gasteiger partial charge in [-0.05, 0) is 130 Å². The van der Waals surface area contributed by atoms with Gasteiger partial charge in [0, 0.05) is 35.5 Å². The summed E-state index contributed by atoms with van der Waals surface area (Å²) in [6, 6.07) is 11.7. The Labute approximate surface area is 303 Å². The van der Waals surface area contributed by atoms with Gasteiger partial charge in [-0.2, -0.15) is 0 Å². The van der Waals surface area contributed by atoms with Gasteiger partial charge >= 0.3 is 0 Å². The highest BCUT2D eigenvalue weighted by Crippen LogP contribution is 2.54. The number of carbonyl (C=O) groups is 1. The van der Waals surface area contributed by atoms with E-state index in [1.165, 1.54) is 11.1 Å². The normalized spacial score (nSPS) is 33.8. The summed E-state index contributed by atoms with van der Waals surface area (Å²) < 4.78 is 42.4. The number of nitrogens with zero attached hydrogens (tertiary/aromatic N) is 2. The number of aryl methyl sites for hydroxylation is 1. The van der Waals surface area contributed by atoms with Crippen LogP contribution in [0, 0.1) is 23.2 Å². The van der Waals surface area contributed by atoms with Crippen molar-refractivity contribution in [3.63, 3.8) is 0 Å². The van der Waals surface area contributed by atoms with E-state index in [2.05, 4.69) is 54.7 Å². The Hall–Kier alpha value is -3.04. The first-order chi connectivity index (χ1) is 23.7. The number of hydrogen-bond acceptors (Lipinski definition) is 7. The lowest BCUT2D eigenvalue weighted by atomic mass is 9.56. The summed E-state index contributed by atoms with van der Waals surface area (Å²) in [6.07, 6.45) is 12.0. The molecular weight excluding hydrogens is 670 g/mol. The molecule has 5 aliphatic rings. The number of aliphatic imine (C=N–C) groups is 1. The molecule has 2 aromatic carbocycles. The van der Waals surface area contributed by atoms with Gasteiger partial charge in [-0.25, -0.2) is 18.1 Å². The Balaban J connectivity index is 1.33. The molecule has 0 radical (unpaired) electrons. The number of halogens is 1. The van der Waals surface area contributed by atoms with Gasteiger partial charge in [-0.3, -0.25) is 4.79 Å². The van der Waals surface area contributed by atoms with Gasteiger partial charge in [-0.1, -0.05) is 43.7 Å². The fourth-order valence-electron chi connectivity index (χ4n) is 9.23. The first-order valence-corrected chi connectivity index (χ1v) is 20.4. The monoisotopic (exact) mass is 721 g/mol. The SMILES string of the molecule is CC[C@]1(CC2=NC(C)(C)CO2)/C=C/C[C@H](C)[C@@H](C)S(=O)(=O)NC(=O)c2ccc3c(c2)N(C[C@@H]2CC[C@H]21)C[C@@]1(CCCc2cc(Cl)ccc21)CO3. The summed E-state index contributed by atoms with van der Waals surface area (Å²) in [6.45, 7) is 12.8. The zero-order chi connectivity index (χ0) is 35.5. The van der Waals surface area contributed by atoms with Crippen LogP contribution in [0.4, 0.5) is 5.69 Å². The highest BCUT2D eigenvalue weighted by molar-refractivity contribution is 7.90.